The molecule has 0 bridgehead atoms. The third-order valence-corrected chi connectivity index (χ3v) is 5.79. The molecular formula is C15H21ClN2OS. The Bertz CT molecular complexity index is 487. The van der Waals surface area contributed by atoms with E-state index in [4.69, 9.17) is 17.3 Å². The molecule has 1 aromatic carbocycles. The molecule has 0 saturated heterocycles. The van der Waals surface area contributed by atoms with Crippen molar-refractivity contribution in [3.05, 3.63) is 28.8 Å². The first-order chi connectivity index (χ1) is 9.56. The molecule has 1 aromatic rings. The molecule has 5 heteroatoms. The number of amides is 1. The summed E-state index contributed by atoms with van der Waals surface area (Å²) >= 11 is 7.74. The summed E-state index contributed by atoms with van der Waals surface area (Å²) in [4.78, 5) is 12.2. The Morgan fingerprint density at radius 2 is 2.10 bits per heavy atom. The summed E-state index contributed by atoms with van der Waals surface area (Å²) in [5.74, 6) is -0.0765. The summed E-state index contributed by atoms with van der Waals surface area (Å²) in [6.07, 6.45) is 8.31. The van der Waals surface area contributed by atoms with Gasteiger partial charge in [0, 0.05) is 16.9 Å². The van der Waals surface area contributed by atoms with Gasteiger partial charge in [0.15, 0.2) is 0 Å². The van der Waals surface area contributed by atoms with Crippen molar-refractivity contribution in [2.75, 3.05) is 18.5 Å². The Morgan fingerprint density at radius 1 is 1.40 bits per heavy atom. The van der Waals surface area contributed by atoms with E-state index in [2.05, 4.69) is 11.6 Å². The number of thioether (sulfide) groups is 1. The molecule has 0 heterocycles. The molecule has 3 N–H and O–H groups in total. The molecule has 0 radical (unpaired) electrons. The third-order valence-electron chi connectivity index (χ3n) is 4.03. The first kappa shape index (κ1) is 15.5. The van der Waals surface area contributed by atoms with Gasteiger partial charge >= 0.3 is 0 Å². The molecule has 1 saturated carbocycles. The molecule has 3 nitrogen and oxygen atoms in total. The van der Waals surface area contributed by atoms with Crippen LogP contribution >= 0.6 is 23.4 Å². The highest BCUT2D eigenvalue weighted by Gasteiger charge is 2.31. The van der Waals surface area contributed by atoms with Crippen LogP contribution < -0.4 is 11.1 Å². The number of carbonyl (C=O) groups excluding carboxylic acids is 1. The van der Waals surface area contributed by atoms with Gasteiger partial charge in [-0.2, -0.15) is 11.8 Å². The predicted molar refractivity (Wildman–Crippen MR) is 87.5 cm³/mol. The van der Waals surface area contributed by atoms with Crippen LogP contribution in [-0.2, 0) is 0 Å². The normalized spacial score (nSPS) is 17.7. The highest BCUT2D eigenvalue weighted by Crippen LogP contribution is 2.38. The van der Waals surface area contributed by atoms with Crippen LogP contribution in [0.2, 0.25) is 5.02 Å². The number of anilines is 1. The number of hydrogen-bond donors (Lipinski definition) is 2. The molecule has 1 aliphatic carbocycles. The van der Waals surface area contributed by atoms with Gasteiger partial charge in [0.05, 0.1) is 10.7 Å². The van der Waals surface area contributed by atoms with Gasteiger partial charge in [0.25, 0.3) is 5.91 Å². The number of nitrogen functional groups attached to an aromatic ring is 1. The van der Waals surface area contributed by atoms with Gasteiger partial charge in [-0.25, -0.2) is 0 Å². The van der Waals surface area contributed by atoms with Gasteiger partial charge < -0.3 is 11.1 Å². The van der Waals surface area contributed by atoms with Gasteiger partial charge in [-0.3, -0.25) is 4.79 Å². The van der Waals surface area contributed by atoms with E-state index in [0.717, 1.165) is 6.54 Å². The number of nitrogens with one attached hydrogen (secondary N) is 1. The summed E-state index contributed by atoms with van der Waals surface area (Å²) in [5, 5.41) is 3.53. The Hall–Kier alpha value is -0.870. The molecule has 2 rings (SSSR count). The first-order valence-electron chi connectivity index (χ1n) is 6.95. The van der Waals surface area contributed by atoms with Crippen LogP contribution in [0.5, 0.6) is 0 Å². The Kier molecular flexibility index (Phi) is 5.22. The maximum Gasteiger partial charge on any atom is 0.251 e. The fourth-order valence-corrected chi connectivity index (χ4v) is 3.71. The monoisotopic (exact) mass is 312 g/mol. The van der Waals surface area contributed by atoms with Crippen LogP contribution in [0.3, 0.4) is 0 Å². The molecular weight excluding hydrogens is 292 g/mol. The summed E-state index contributed by atoms with van der Waals surface area (Å²) in [6.45, 7) is 0.718. The van der Waals surface area contributed by atoms with Crippen molar-refractivity contribution < 1.29 is 4.79 Å². The molecule has 0 spiro atoms. The molecule has 1 amide bonds. The zero-order valence-corrected chi connectivity index (χ0v) is 13.3. The average Bonchev–Trinajstić information content (AvgIpc) is 2.48. The molecule has 20 heavy (non-hydrogen) atoms. The van der Waals surface area contributed by atoms with Crippen LogP contribution in [0.4, 0.5) is 5.69 Å². The topological polar surface area (TPSA) is 55.1 Å². The molecule has 0 aliphatic heterocycles. The Morgan fingerprint density at radius 3 is 2.70 bits per heavy atom. The summed E-state index contributed by atoms with van der Waals surface area (Å²) < 4.78 is 0.200. The van der Waals surface area contributed by atoms with Gasteiger partial charge in [-0.15, -0.1) is 0 Å². The maximum atomic E-state index is 12.2. The lowest BCUT2D eigenvalue weighted by Crippen LogP contribution is -2.41. The summed E-state index contributed by atoms with van der Waals surface area (Å²) in [5.41, 5.74) is 6.74. The smallest absolute Gasteiger partial charge is 0.251 e. The van der Waals surface area contributed by atoms with E-state index in [9.17, 15) is 4.79 Å². The van der Waals surface area contributed by atoms with Crippen molar-refractivity contribution in [1.82, 2.24) is 5.32 Å². The van der Waals surface area contributed by atoms with E-state index in [-0.39, 0.29) is 10.7 Å². The molecule has 110 valence electrons. The molecule has 0 aromatic heterocycles. The van der Waals surface area contributed by atoms with E-state index in [0.29, 0.717) is 16.3 Å². The number of nitrogens with two attached hydrogens (primary N) is 1. The molecule has 1 aliphatic rings. The zero-order chi connectivity index (χ0) is 14.6. The van der Waals surface area contributed by atoms with Crippen molar-refractivity contribution in [2.24, 2.45) is 0 Å². The standard InChI is InChI=1S/C15H21ClN2OS/c1-20-15(7-3-2-4-8-15)10-18-14(19)11-5-6-12(16)13(17)9-11/h5-6,9H,2-4,7-8,10,17H2,1H3,(H,18,19). The quantitative estimate of drug-likeness (QED) is 0.833. The minimum atomic E-state index is -0.0765. The largest absolute Gasteiger partial charge is 0.398 e. The lowest BCUT2D eigenvalue weighted by molar-refractivity contribution is 0.0947. The van der Waals surface area contributed by atoms with Gasteiger partial charge in [0.1, 0.15) is 0 Å². The lowest BCUT2D eigenvalue weighted by Gasteiger charge is -2.35. The fourth-order valence-electron chi connectivity index (χ4n) is 2.68. The molecule has 0 atom stereocenters. The molecule has 0 unspecified atom stereocenters. The van der Waals surface area contributed by atoms with E-state index in [1.807, 2.05) is 11.8 Å². The highest BCUT2D eigenvalue weighted by molar-refractivity contribution is 8.00. The number of benzene rings is 1. The van der Waals surface area contributed by atoms with Gasteiger partial charge in [0.2, 0.25) is 0 Å². The van der Waals surface area contributed by atoms with Crippen LogP contribution in [0.1, 0.15) is 42.5 Å². The first-order valence-corrected chi connectivity index (χ1v) is 8.55. The molecule has 1 fully saturated rings. The van der Waals surface area contributed by atoms with Gasteiger partial charge in [-0.05, 0) is 37.3 Å². The highest BCUT2D eigenvalue weighted by atomic mass is 35.5. The van der Waals surface area contributed by atoms with E-state index in [1.165, 1.54) is 32.1 Å². The number of carbonyl (C=O) groups is 1. The third kappa shape index (κ3) is 3.61. The minimum absolute atomic E-state index is 0.0765. The van der Waals surface area contributed by atoms with Crippen LogP contribution in [0, 0.1) is 0 Å². The average molecular weight is 313 g/mol. The van der Waals surface area contributed by atoms with Crippen molar-refractivity contribution in [2.45, 2.75) is 36.9 Å². The van der Waals surface area contributed by atoms with Gasteiger partial charge in [-0.1, -0.05) is 30.9 Å². The number of rotatable bonds is 4. The van der Waals surface area contributed by atoms with Crippen molar-refractivity contribution >= 4 is 35.0 Å². The van der Waals surface area contributed by atoms with Crippen LogP contribution in [0.25, 0.3) is 0 Å². The van der Waals surface area contributed by atoms with E-state index in [1.54, 1.807) is 18.2 Å². The fraction of sp³-hybridized carbons (Fsp3) is 0.533. The Labute approximate surface area is 129 Å². The maximum absolute atomic E-state index is 12.2. The minimum Gasteiger partial charge on any atom is -0.398 e. The van der Waals surface area contributed by atoms with Crippen LogP contribution in [-0.4, -0.2) is 23.5 Å². The predicted octanol–water partition coefficient (Wildman–Crippen LogP) is 3.72. The van der Waals surface area contributed by atoms with Crippen molar-refractivity contribution in [3.63, 3.8) is 0 Å². The SMILES string of the molecule is CSC1(CNC(=O)c2ccc(Cl)c(N)c2)CCCCC1. The number of hydrogen-bond acceptors (Lipinski definition) is 3. The van der Waals surface area contributed by atoms with Crippen LogP contribution in [0.15, 0.2) is 18.2 Å². The zero-order valence-electron chi connectivity index (χ0n) is 11.7. The van der Waals surface area contributed by atoms with E-state index >= 15 is 0 Å². The summed E-state index contributed by atoms with van der Waals surface area (Å²) in [7, 11) is 0. The van der Waals surface area contributed by atoms with E-state index < -0.39 is 0 Å². The van der Waals surface area contributed by atoms with Crippen molar-refractivity contribution in [3.8, 4) is 0 Å². The number of halogens is 1. The summed E-state index contributed by atoms with van der Waals surface area (Å²) in [6, 6.07) is 5.00. The lowest BCUT2D eigenvalue weighted by atomic mass is 9.88. The second-order valence-electron chi connectivity index (χ2n) is 5.37. The van der Waals surface area contributed by atoms with Crippen molar-refractivity contribution in [1.29, 1.82) is 0 Å². The second kappa shape index (κ2) is 6.72. The second-order valence-corrected chi connectivity index (χ2v) is 7.05. The Balaban J connectivity index is 1.98.